The van der Waals surface area contributed by atoms with Crippen molar-refractivity contribution in [3.05, 3.63) is 18.2 Å². The van der Waals surface area contributed by atoms with Crippen LogP contribution in [0.15, 0.2) is 12.4 Å². The van der Waals surface area contributed by atoms with Gasteiger partial charge in [-0.15, -0.1) is 11.6 Å². The van der Waals surface area contributed by atoms with Gasteiger partial charge in [0.2, 0.25) is 0 Å². The number of alkyl halides is 1. The van der Waals surface area contributed by atoms with Crippen LogP contribution in [0.1, 0.15) is 31.5 Å². The predicted octanol–water partition coefficient (Wildman–Crippen LogP) is 2.54. The summed E-state index contributed by atoms with van der Waals surface area (Å²) in [6.45, 7) is 2.23. The molecule has 0 bridgehead atoms. The summed E-state index contributed by atoms with van der Waals surface area (Å²) in [6, 6.07) is 0. The van der Waals surface area contributed by atoms with Crippen LogP contribution in [0.2, 0.25) is 0 Å². The summed E-state index contributed by atoms with van der Waals surface area (Å²) in [6.07, 6.45) is 6.17. The second kappa shape index (κ2) is 3.33. The molecule has 0 N–H and O–H groups in total. The second-order valence-electron chi connectivity index (χ2n) is 3.96. The normalized spacial score (nSPS) is 33.9. The first-order chi connectivity index (χ1) is 6.20. The molecule has 72 valence electrons. The number of halogens is 1. The van der Waals surface area contributed by atoms with Gasteiger partial charge in [0.05, 0.1) is 0 Å². The Labute approximate surface area is 83.9 Å². The van der Waals surface area contributed by atoms with Gasteiger partial charge in [0.15, 0.2) is 0 Å². The van der Waals surface area contributed by atoms with Crippen molar-refractivity contribution in [3.8, 4) is 0 Å². The second-order valence-corrected chi connectivity index (χ2v) is 4.52. The summed E-state index contributed by atoms with van der Waals surface area (Å²) in [5.74, 6) is 2.31. The van der Waals surface area contributed by atoms with Gasteiger partial charge in [-0.05, 0) is 18.8 Å². The maximum absolute atomic E-state index is 6.19. The molecule has 3 heteroatoms. The van der Waals surface area contributed by atoms with Crippen molar-refractivity contribution < 1.29 is 0 Å². The van der Waals surface area contributed by atoms with Crippen LogP contribution in [0.25, 0.3) is 0 Å². The summed E-state index contributed by atoms with van der Waals surface area (Å²) in [5, 5.41) is 0.335. The third-order valence-electron chi connectivity index (χ3n) is 3.15. The molecule has 1 saturated carbocycles. The number of imidazole rings is 1. The molecular weight excluding hydrogens is 184 g/mol. The van der Waals surface area contributed by atoms with E-state index in [9.17, 15) is 0 Å². The number of aryl methyl sites for hydroxylation is 1. The Morgan fingerprint density at radius 1 is 1.54 bits per heavy atom. The van der Waals surface area contributed by atoms with E-state index in [0.29, 0.717) is 17.2 Å². The van der Waals surface area contributed by atoms with Gasteiger partial charge in [-0.3, -0.25) is 0 Å². The van der Waals surface area contributed by atoms with Gasteiger partial charge in [-0.25, -0.2) is 4.98 Å². The summed E-state index contributed by atoms with van der Waals surface area (Å²) >= 11 is 6.19. The van der Waals surface area contributed by atoms with E-state index in [1.807, 2.05) is 12.4 Å². The average molecular weight is 199 g/mol. The molecule has 0 saturated heterocycles. The van der Waals surface area contributed by atoms with E-state index in [1.165, 1.54) is 12.2 Å². The Morgan fingerprint density at radius 2 is 2.31 bits per heavy atom. The molecule has 1 fully saturated rings. The highest BCUT2D eigenvalue weighted by atomic mass is 35.5. The van der Waals surface area contributed by atoms with Crippen molar-refractivity contribution in [1.29, 1.82) is 0 Å². The Kier molecular flexibility index (Phi) is 2.33. The Balaban J connectivity index is 2.23. The Morgan fingerprint density at radius 3 is 2.77 bits per heavy atom. The summed E-state index contributed by atoms with van der Waals surface area (Å²) in [7, 11) is 2.05. The lowest BCUT2D eigenvalue weighted by Gasteiger charge is -2.16. The molecule has 0 amide bonds. The van der Waals surface area contributed by atoms with Gasteiger partial charge < -0.3 is 4.57 Å². The van der Waals surface area contributed by atoms with E-state index >= 15 is 0 Å². The zero-order valence-electron chi connectivity index (χ0n) is 8.07. The highest BCUT2D eigenvalue weighted by molar-refractivity contribution is 6.21. The van der Waals surface area contributed by atoms with Crippen molar-refractivity contribution in [2.45, 2.75) is 31.1 Å². The lowest BCUT2D eigenvalue weighted by Crippen LogP contribution is -2.13. The quantitative estimate of drug-likeness (QED) is 0.635. The van der Waals surface area contributed by atoms with Crippen LogP contribution in [-0.4, -0.2) is 14.9 Å². The van der Waals surface area contributed by atoms with E-state index in [2.05, 4.69) is 23.5 Å². The molecule has 1 heterocycles. The van der Waals surface area contributed by atoms with Crippen molar-refractivity contribution >= 4 is 11.6 Å². The molecule has 1 aromatic heterocycles. The molecule has 3 atom stereocenters. The largest absolute Gasteiger partial charge is 0.338 e. The van der Waals surface area contributed by atoms with Gasteiger partial charge >= 0.3 is 0 Å². The monoisotopic (exact) mass is 198 g/mol. The Hall–Kier alpha value is -0.500. The first kappa shape index (κ1) is 9.07. The third kappa shape index (κ3) is 1.48. The molecule has 1 aromatic rings. The predicted molar refractivity (Wildman–Crippen MR) is 54.0 cm³/mol. The fourth-order valence-electron chi connectivity index (χ4n) is 2.22. The maximum atomic E-state index is 6.19. The van der Waals surface area contributed by atoms with E-state index in [0.717, 1.165) is 6.42 Å². The van der Waals surface area contributed by atoms with Gasteiger partial charge in [-0.1, -0.05) is 6.92 Å². The van der Waals surface area contributed by atoms with Crippen LogP contribution in [0, 0.1) is 5.92 Å². The Bertz CT molecular complexity index is 295. The first-order valence-electron chi connectivity index (χ1n) is 4.81. The molecule has 1 aliphatic carbocycles. The molecule has 2 nitrogen and oxygen atoms in total. The van der Waals surface area contributed by atoms with Crippen LogP contribution in [-0.2, 0) is 7.05 Å². The van der Waals surface area contributed by atoms with Crippen LogP contribution in [0.3, 0.4) is 0 Å². The van der Waals surface area contributed by atoms with Gasteiger partial charge in [0.25, 0.3) is 0 Å². The van der Waals surface area contributed by atoms with Crippen molar-refractivity contribution in [2.24, 2.45) is 13.0 Å². The topological polar surface area (TPSA) is 17.8 Å². The third-order valence-corrected chi connectivity index (χ3v) is 3.76. The molecule has 0 aliphatic heterocycles. The fourth-order valence-corrected chi connectivity index (χ4v) is 2.52. The molecule has 0 spiro atoms. The van der Waals surface area contributed by atoms with E-state index in [4.69, 9.17) is 11.6 Å². The molecule has 0 radical (unpaired) electrons. The van der Waals surface area contributed by atoms with Crippen molar-refractivity contribution in [1.82, 2.24) is 9.55 Å². The molecule has 0 aromatic carbocycles. The molecule has 13 heavy (non-hydrogen) atoms. The van der Waals surface area contributed by atoms with Gasteiger partial charge in [-0.2, -0.15) is 0 Å². The van der Waals surface area contributed by atoms with Crippen LogP contribution in [0.5, 0.6) is 0 Å². The molecule has 2 rings (SSSR count). The first-order valence-corrected chi connectivity index (χ1v) is 5.25. The zero-order valence-corrected chi connectivity index (χ0v) is 8.83. The van der Waals surface area contributed by atoms with Gasteiger partial charge in [0.1, 0.15) is 5.82 Å². The highest BCUT2D eigenvalue weighted by Crippen LogP contribution is 2.41. The molecular formula is C10H15ClN2. The fraction of sp³-hybridized carbons (Fsp3) is 0.700. The molecule has 3 unspecified atom stereocenters. The molecule has 1 aliphatic rings. The smallest absolute Gasteiger partial charge is 0.111 e. The number of aromatic nitrogens is 2. The van der Waals surface area contributed by atoms with Crippen molar-refractivity contribution in [3.63, 3.8) is 0 Å². The van der Waals surface area contributed by atoms with Crippen LogP contribution < -0.4 is 0 Å². The van der Waals surface area contributed by atoms with E-state index < -0.39 is 0 Å². The minimum Gasteiger partial charge on any atom is -0.338 e. The van der Waals surface area contributed by atoms with Crippen LogP contribution in [0.4, 0.5) is 0 Å². The number of rotatable bonds is 1. The zero-order chi connectivity index (χ0) is 9.42. The van der Waals surface area contributed by atoms with Crippen LogP contribution >= 0.6 is 11.6 Å². The number of nitrogens with zero attached hydrogens (tertiary/aromatic N) is 2. The highest BCUT2D eigenvalue weighted by Gasteiger charge is 2.34. The summed E-state index contributed by atoms with van der Waals surface area (Å²) in [5.41, 5.74) is 0. The minimum atomic E-state index is 0.335. The van der Waals surface area contributed by atoms with E-state index in [1.54, 1.807) is 0 Å². The SMILES string of the molecule is CC1C(Cl)CCC1c1nccn1C. The minimum absolute atomic E-state index is 0.335. The van der Waals surface area contributed by atoms with E-state index in [-0.39, 0.29) is 0 Å². The average Bonchev–Trinajstić information content (AvgIpc) is 2.62. The lowest BCUT2D eigenvalue weighted by atomic mass is 9.97. The maximum Gasteiger partial charge on any atom is 0.111 e. The summed E-state index contributed by atoms with van der Waals surface area (Å²) in [4.78, 5) is 4.39. The number of hydrogen-bond acceptors (Lipinski definition) is 1. The summed E-state index contributed by atoms with van der Waals surface area (Å²) < 4.78 is 2.11. The lowest BCUT2D eigenvalue weighted by molar-refractivity contribution is 0.500. The number of hydrogen-bond donors (Lipinski definition) is 0. The standard InChI is InChI=1S/C10H15ClN2/c1-7-8(3-4-9(7)11)10-12-5-6-13(10)2/h5-9H,3-4H2,1-2H3. The van der Waals surface area contributed by atoms with Gasteiger partial charge in [0, 0.05) is 30.7 Å². The van der Waals surface area contributed by atoms with Crippen molar-refractivity contribution in [2.75, 3.05) is 0 Å².